The second kappa shape index (κ2) is 6.37. The number of nitrogens with two attached hydrogens (primary N) is 1. The van der Waals surface area contributed by atoms with Crippen molar-refractivity contribution in [3.05, 3.63) is 64.7 Å². The van der Waals surface area contributed by atoms with Crippen LogP contribution in [0.15, 0.2) is 41.3 Å². The molecule has 0 saturated carbocycles. The van der Waals surface area contributed by atoms with E-state index in [9.17, 15) is 8.78 Å². The fraction of sp³-hybridized carbons (Fsp3) is 0.250. The van der Waals surface area contributed by atoms with Crippen molar-refractivity contribution in [3.8, 4) is 0 Å². The first-order valence-corrected chi connectivity index (χ1v) is 7.36. The van der Waals surface area contributed by atoms with Crippen molar-refractivity contribution < 1.29 is 8.78 Å². The van der Waals surface area contributed by atoms with Crippen LogP contribution in [0.3, 0.4) is 0 Å². The Morgan fingerprint density at radius 3 is 2.55 bits per heavy atom. The smallest absolute Gasteiger partial charge is 0.139 e. The molecule has 0 amide bonds. The van der Waals surface area contributed by atoms with Crippen molar-refractivity contribution >= 4 is 11.8 Å². The second-order valence-corrected chi connectivity index (χ2v) is 5.91. The lowest BCUT2D eigenvalue weighted by Gasteiger charge is -2.15. The highest BCUT2D eigenvalue weighted by Gasteiger charge is 2.12. The average Bonchev–Trinajstić information content (AvgIpc) is 2.40. The SMILES string of the molecule is Cc1ccc(C)c(C(N)CSc2ccc(F)cc2F)c1. The molecule has 0 heterocycles. The molecule has 20 heavy (non-hydrogen) atoms. The van der Waals surface area contributed by atoms with Crippen molar-refractivity contribution in [2.24, 2.45) is 5.73 Å². The molecule has 2 aromatic rings. The molecule has 0 aliphatic carbocycles. The molecule has 1 atom stereocenters. The zero-order valence-electron chi connectivity index (χ0n) is 11.5. The number of halogens is 2. The lowest BCUT2D eigenvalue weighted by molar-refractivity contribution is 0.565. The largest absolute Gasteiger partial charge is 0.323 e. The molecule has 0 bridgehead atoms. The lowest BCUT2D eigenvalue weighted by Crippen LogP contribution is -2.14. The summed E-state index contributed by atoms with van der Waals surface area (Å²) in [6, 6.07) is 9.56. The maximum absolute atomic E-state index is 13.5. The Hall–Kier alpha value is -1.39. The first-order chi connectivity index (χ1) is 9.47. The molecule has 0 fully saturated rings. The van der Waals surface area contributed by atoms with Crippen molar-refractivity contribution in [2.75, 3.05) is 5.75 Å². The van der Waals surface area contributed by atoms with Crippen LogP contribution in [0.4, 0.5) is 8.78 Å². The first kappa shape index (κ1) is 15.0. The number of rotatable bonds is 4. The van der Waals surface area contributed by atoms with Gasteiger partial charge in [0.2, 0.25) is 0 Å². The number of benzene rings is 2. The minimum Gasteiger partial charge on any atom is -0.323 e. The van der Waals surface area contributed by atoms with E-state index >= 15 is 0 Å². The van der Waals surface area contributed by atoms with Crippen LogP contribution in [-0.4, -0.2) is 5.75 Å². The van der Waals surface area contributed by atoms with Gasteiger partial charge in [0.25, 0.3) is 0 Å². The summed E-state index contributed by atoms with van der Waals surface area (Å²) in [5.74, 6) is -0.554. The summed E-state index contributed by atoms with van der Waals surface area (Å²) >= 11 is 1.31. The van der Waals surface area contributed by atoms with Crippen molar-refractivity contribution in [1.82, 2.24) is 0 Å². The van der Waals surface area contributed by atoms with Gasteiger partial charge in [0, 0.05) is 22.8 Å². The quantitative estimate of drug-likeness (QED) is 0.847. The number of hydrogen-bond donors (Lipinski definition) is 1. The van der Waals surface area contributed by atoms with Gasteiger partial charge in [-0.15, -0.1) is 11.8 Å². The zero-order chi connectivity index (χ0) is 14.7. The molecule has 0 saturated heterocycles. The molecule has 4 heteroatoms. The third kappa shape index (κ3) is 3.58. The molecular formula is C16H17F2NS. The van der Waals surface area contributed by atoms with E-state index < -0.39 is 11.6 Å². The highest BCUT2D eigenvalue weighted by molar-refractivity contribution is 7.99. The summed E-state index contributed by atoms with van der Waals surface area (Å²) in [7, 11) is 0. The van der Waals surface area contributed by atoms with E-state index in [0.717, 1.165) is 22.8 Å². The van der Waals surface area contributed by atoms with Gasteiger partial charge in [-0.3, -0.25) is 0 Å². The Balaban J connectivity index is 2.08. The van der Waals surface area contributed by atoms with Gasteiger partial charge in [0.15, 0.2) is 0 Å². The van der Waals surface area contributed by atoms with Gasteiger partial charge in [-0.1, -0.05) is 23.8 Å². The topological polar surface area (TPSA) is 26.0 Å². The minimum atomic E-state index is -0.564. The van der Waals surface area contributed by atoms with Gasteiger partial charge in [0.1, 0.15) is 11.6 Å². The van der Waals surface area contributed by atoms with Crippen LogP contribution >= 0.6 is 11.8 Å². The molecule has 2 N–H and O–H groups in total. The van der Waals surface area contributed by atoms with Gasteiger partial charge >= 0.3 is 0 Å². The maximum Gasteiger partial charge on any atom is 0.139 e. The summed E-state index contributed by atoms with van der Waals surface area (Å²) in [5, 5.41) is 0. The van der Waals surface area contributed by atoms with Gasteiger partial charge in [-0.25, -0.2) is 8.78 Å². The van der Waals surface area contributed by atoms with Gasteiger partial charge in [-0.2, -0.15) is 0 Å². The van der Waals surface area contributed by atoms with Crippen LogP contribution < -0.4 is 5.73 Å². The number of aryl methyl sites for hydroxylation is 2. The number of hydrogen-bond acceptors (Lipinski definition) is 2. The second-order valence-electron chi connectivity index (χ2n) is 4.85. The highest BCUT2D eigenvalue weighted by Crippen LogP contribution is 2.27. The Morgan fingerprint density at radius 1 is 1.10 bits per heavy atom. The molecule has 0 radical (unpaired) electrons. The van der Waals surface area contributed by atoms with Crippen LogP contribution in [0.25, 0.3) is 0 Å². The van der Waals surface area contributed by atoms with E-state index in [1.165, 1.54) is 23.9 Å². The minimum absolute atomic E-state index is 0.177. The van der Waals surface area contributed by atoms with Crippen molar-refractivity contribution in [3.63, 3.8) is 0 Å². The van der Waals surface area contributed by atoms with Gasteiger partial charge in [-0.05, 0) is 37.1 Å². The Bertz CT molecular complexity index is 613. The van der Waals surface area contributed by atoms with E-state index in [1.54, 1.807) is 0 Å². The molecule has 106 valence electrons. The van der Waals surface area contributed by atoms with E-state index in [0.29, 0.717) is 10.6 Å². The van der Waals surface area contributed by atoms with Crippen LogP contribution in [0, 0.1) is 25.5 Å². The molecule has 0 spiro atoms. The van der Waals surface area contributed by atoms with Crippen LogP contribution in [0.5, 0.6) is 0 Å². The fourth-order valence-electron chi connectivity index (χ4n) is 2.02. The normalized spacial score (nSPS) is 12.4. The first-order valence-electron chi connectivity index (χ1n) is 6.38. The molecule has 0 aromatic heterocycles. The molecule has 2 aromatic carbocycles. The zero-order valence-corrected chi connectivity index (χ0v) is 12.3. The summed E-state index contributed by atoms with van der Waals surface area (Å²) in [6.07, 6.45) is 0. The summed E-state index contributed by atoms with van der Waals surface area (Å²) in [6.45, 7) is 4.03. The number of thioether (sulfide) groups is 1. The fourth-order valence-corrected chi connectivity index (χ4v) is 2.92. The average molecular weight is 293 g/mol. The molecule has 2 rings (SSSR count). The summed E-state index contributed by atoms with van der Waals surface area (Å²) in [5.41, 5.74) is 9.52. The van der Waals surface area contributed by atoms with E-state index in [1.807, 2.05) is 26.0 Å². The standard InChI is InChI=1S/C16H17F2NS/c1-10-3-4-11(2)13(7-10)15(19)9-20-16-6-5-12(17)8-14(16)18/h3-8,15H,9,19H2,1-2H3. The highest BCUT2D eigenvalue weighted by atomic mass is 32.2. The third-order valence-corrected chi connectivity index (χ3v) is 4.31. The monoisotopic (exact) mass is 293 g/mol. The summed E-state index contributed by atoms with van der Waals surface area (Å²) < 4.78 is 26.4. The van der Waals surface area contributed by atoms with Crippen molar-refractivity contribution in [2.45, 2.75) is 24.8 Å². The summed E-state index contributed by atoms with van der Waals surface area (Å²) in [4.78, 5) is 0.423. The molecule has 1 nitrogen and oxygen atoms in total. The predicted octanol–water partition coefficient (Wildman–Crippen LogP) is 4.37. The van der Waals surface area contributed by atoms with E-state index in [2.05, 4.69) is 6.07 Å². The van der Waals surface area contributed by atoms with E-state index in [-0.39, 0.29) is 6.04 Å². The Morgan fingerprint density at radius 2 is 1.85 bits per heavy atom. The van der Waals surface area contributed by atoms with Crippen LogP contribution in [-0.2, 0) is 0 Å². The molecule has 1 unspecified atom stereocenters. The van der Waals surface area contributed by atoms with Crippen LogP contribution in [0.2, 0.25) is 0 Å². The lowest BCUT2D eigenvalue weighted by atomic mass is 10.0. The predicted molar refractivity (Wildman–Crippen MR) is 79.9 cm³/mol. The van der Waals surface area contributed by atoms with Crippen LogP contribution in [0.1, 0.15) is 22.7 Å². The van der Waals surface area contributed by atoms with E-state index in [4.69, 9.17) is 5.73 Å². The van der Waals surface area contributed by atoms with Crippen molar-refractivity contribution in [1.29, 1.82) is 0 Å². The molecule has 0 aliphatic heterocycles. The molecular weight excluding hydrogens is 276 g/mol. The van der Waals surface area contributed by atoms with Gasteiger partial charge < -0.3 is 5.73 Å². The van der Waals surface area contributed by atoms with Gasteiger partial charge in [0.05, 0.1) is 0 Å². The third-order valence-electron chi connectivity index (χ3n) is 3.15. The molecule has 0 aliphatic rings. The Labute approximate surface area is 122 Å². The Kier molecular flexibility index (Phi) is 4.78. The maximum atomic E-state index is 13.5.